The first-order valence-electron chi connectivity index (χ1n) is 8.66. The van der Waals surface area contributed by atoms with Gasteiger partial charge < -0.3 is 9.84 Å². The molecular formula is C20H20Cl2FNO3. The zero-order valence-corrected chi connectivity index (χ0v) is 16.3. The zero-order chi connectivity index (χ0) is 19.6. The molecule has 1 saturated heterocycles. The Bertz CT molecular complexity index is 838. The molecule has 1 N–H and O–H groups in total. The Morgan fingerprint density at radius 1 is 1.26 bits per heavy atom. The molecule has 0 spiro atoms. The SMILES string of the molecule is COc1ccc(C(c2cccc(Cl)c2Cl)N2CCC(C(=O)O)CC2)cc1F. The summed E-state index contributed by atoms with van der Waals surface area (Å²) in [6, 6.07) is 9.86. The van der Waals surface area contributed by atoms with Crippen molar-refractivity contribution in [2.24, 2.45) is 5.92 Å². The highest BCUT2D eigenvalue weighted by molar-refractivity contribution is 6.42. The maximum atomic E-state index is 14.4. The summed E-state index contributed by atoms with van der Waals surface area (Å²) < 4.78 is 19.4. The van der Waals surface area contributed by atoms with Crippen LogP contribution < -0.4 is 4.74 Å². The molecule has 7 heteroatoms. The van der Waals surface area contributed by atoms with Gasteiger partial charge in [-0.05, 0) is 55.3 Å². The second-order valence-electron chi connectivity index (χ2n) is 6.59. The fourth-order valence-corrected chi connectivity index (χ4v) is 3.99. The number of ether oxygens (including phenoxy) is 1. The second kappa shape index (κ2) is 8.46. The van der Waals surface area contributed by atoms with Gasteiger partial charge >= 0.3 is 5.97 Å². The Morgan fingerprint density at radius 3 is 2.56 bits per heavy atom. The molecule has 1 unspecified atom stereocenters. The number of piperidine rings is 1. The summed E-state index contributed by atoms with van der Waals surface area (Å²) in [6.45, 7) is 1.14. The third-order valence-electron chi connectivity index (χ3n) is 5.01. The van der Waals surface area contributed by atoms with E-state index in [-0.39, 0.29) is 17.7 Å². The number of carbonyl (C=O) groups is 1. The van der Waals surface area contributed by atoms with Crippen LogP contribution in [0.5, 0.6) is 5.75 Å². The highest BCUT2D eigenvalue weighted by Gasteiger charge is 2.31. The number of hydrogen-bond donors (Lipinski definition) is 1. The molecule has 0 aromatic heterocycles. The lowest BCUT2D eigenvalue weighted by Gasteiger charge is -2.37. The topological polar surface area (TPSA) is 49.8 Å². The molecule has 1 fully saturated rings. The molecule has 1 heterocycles. The predicted octanol–water partition coefficient (Wildman–Crippen LogP) is 5.03. The van der Waals surface area contributed by atoms with Crippen molar-refractivity contribution in [1.29, 1.82) is 0 Å². The molecule has 144 valence electrons. The van der Waals surface area contributed by atoms with E-state index in [0.29, 0.717) is 41.5 Å². The molecule has 0 saturated carbocycles. The van der Waals surface area contributed by atoms with Crippen LogP contribution in [-0.4, -0.2) is 36.2 Å². The first kappa shape index (κ1) is 19.9. The van der Waals surface area contributed by atoms with Gasteiger partial charge in [-0.25, -0.2) is 4.39 Å². The van der Waals surface area contributed by atoms with Crippen molar-refractivity contribution < 1.29 is 19.0 Å². The Labute approximate surface area is 167 Å². The van der Waals surface area contributed by atoms with E-state index in [1.807, 2.05) is 6.07 Å². The van der Waals surface area contributed by atoms with Crippen LogP contribution in [0.1, 0.15) is 30.0 Å². The van der Waals surface area contributed by atoms with E-state index >= 15 is 0 Å². The summed E-state index contributed by atoms with van der Waals surface area (Å²) >= 11 is 12.7. The third kappa shape index (κ3) is 4.21. The molecule has 27 heavy (non-hydrogen) atoms. The van der Waals surface area contributed by atoms with Gasteiger partial charge in [-0.3, -0.25) is 9.69 Å². The largest absolute Gasteiger partial charge is 0.494 e. The maximum Gasteiger partial charge on any atom is 0.306 e. The minimum Gasteiger partial charge on any atom is -0.494 e. The fourth-order valence-electron chi connectivity index (χ4n) is 3.58. The summed E-state index contributed by atoms with van der Waals surface area (Å²) in [4.78, 5) is 13.4. The van der Waals surface area contributed by atoms with E-state index in [1.54, 1.807) is 24.3 Å². The number of carboxylic acid groups (broad SMARTS) is 1. The van der Waals surface area contributed by atoms with Crippen molar-refractivity contribution in [3.63, 3.8) is 0 Å². The van der Waals surface area contributed by atoms with Crippen LogP contribution in [0.4, 0.5) is 4.39 Å². The number of hydrogen-bond acceptors (Lipinski definition) is 3. The first-order valence-corrected chi connectivity index (χ1v) is 9.42. The summed E-state index contributed by atoms with van der Waals surface area (Å²) in [7, 11) is 1.42. The highest BCUT2D eigenvalue weighted by Crippen LogP contribution is 2.39. The fraction of sp³-hybridized carbons (Fsp3) is 0.350. The summed E-state index contributed by atoms with van der Waals surface area (Å²) in [5.41, 5.74) is 1.48. The van der Waals surface area contributed by atoms with E-state index in [0.717, 1.165) is 5.56 Å². The Balaban J connectivity index is 2.01. The zero-order valence-electron chi connectivity index (χ0n) is 14.8. The molecule has 1 atom stereocenters. The average molecular weight is 412 g/mol. The van der Waals surface area contributed by atoms with Gasteiger partial charge in [0.25, 0.3) is 0 Å². The lowest BCUT2D eigenvalue weighted by molar-refractivity contribution is -0.143. The van der Waals surface area contributed by atoms with Crippen LogP contribution in [0.15, 0.2) is 36.4 Å². The van der Waals surface area contributed by atoms with Crippen LogP contribution in [0, 0.1) is 11.7 Å². The van der Waals surface area contributed by atoms with Crippen molar-refractivity contribution >= 4 is 29.2 Å². The van der Waals surface area contributed by atoms with Crippen LogP contribution in [0.25, 0.3) is 0 Å². The van der Waals surface area contributed by atoms with Gasteiger partial charge in [0, 0.05) is 0 Å². The smallest absolute Gasteiger partial charge is 0.306 e. The Hall–Kier alpha value is -1.82. The molecule has 2 aromatic rings. The number of benzene rings is 2. The third-order valence-corrected chi connectivity index (χ3v) is 5.85. The highest BCUT2D eigenvalue weighted by atomic mass is 35.5. The molecular weight excluding hydrogens is 392 g/mol. The second-order valence-corrected chi connectivity index (χ2v) is 7.37. The molecule has 1 aliphatic rings. The molecule has 1 aliphatic heterocycles. The van der Waals surface area contributed by atoms with E-state index in [9.17, 15) is 14.3 Å². The van der Waals surface area contributed by atoms with Gasteiger partial charge in [0.1, 0.15) is 0 Å². The monoisotopic (exact) mass is 411 g/mol. The van der Waals surface area contributed by atoms with Crippen molar-refractivity contribution in [2.45, 2.75) is 18.9 Å². The van der Waals surface area contributed by atoms with Gasteiger partial charge in [0.05, 0.1) is 29.1 Å². The molecule has 4 nitrogen and oxygen atoms in total. The summed E-state index contributed by atoms with van der Waals surface area (Å²) in [6.07, 6.45) is 1.06. The molecule has 0 bridgehead atoms. The number of rotatable bonds is 5. The van der Waals surface area contributed by atoms with E-state index in [1.165, 1.54) is 13.2 Å². The van der Waals surface area contributed by atoms with Crippen molar-refractivity contribution in [3.05, 3.63) is 63.4 Å². The van der Waals surface area contributed by atoms with Gasteiger partial charge in [-0.2, -0.15) is 0 Å². The lowest BCUT2D eigenvalue weighted by Crippen LogP contribution is -2.39. The van der Waals surface area contributed by atoms with Crippen molar-refractivity contribution in [3.8, 4) is 5.75 Å². The Kier molecular flexibility index (Phi) is 6.25. The molecule has 0 aliphatic carbocycles. The van der Waals surface area contributed by atoms with Gasteiger partial charge in [0.15, 0.2) is 11.6 Å². The van der Waals surface area contributed by atoms with Crippen molar-refractivity contribution in [2.75, 3.05) is 20.2 Å². The Morgan fingerprint density at radius 2 is 1.96 bits per heavy atom. The van der Waals surface area contributed by atoms with Crippen LogP contribution in [0.3, 0.4) is 0 Å². The average Bonchev–Trinajstić information content (AvgIpc) is 2.66. The summed E-state index contributed by atoms with van der Waals surface area (Å²) in [5, 5.41) is 10.1. The van der Waals surface area contributed by atoms with Gasteiger partial charge in [-0.15, -0.1) is 0 Å². The van der Waals surface area contributed by atoms with Crippen LogP contribution in [0.2, 0.25) is 10.0 Å². The number of likely N-dealkylation sites (tertiary alicyclic amines) is 1. The maximum absolute atomic E-state index is 14.4. The number of nitrogens with zero attached hydrogens (tertiary/aromatic N) is 1. The van der Waals surface area contributed by atoms with E-state index in [2.05, 4.69) is 4.90 Å². The minimum atomic E-state index is -0.775. The van der Waals surface area contributed by atoms with Crippen LogP contribution in [-0.2, 0) is 4.79 Å². The number of carboxylic acids is 1. The predicted molar refractivity (Wildman–Crippen MR) is 103 cm³/mol. The van der Waals surface area contributed by atoms with E-state index in [4.69, 9.17) is 27.9 Å². The van der Waals surface area contributed by atoms with Crippen molar-refractivity contribution in [1.82, 2.24) is 4.90 Å². The van der Waals surface area contributed by atoms with Gasteiger partial charge in [-0.1, -0.05) is 41.4 Å². The summed E-state index contributed by atoms with van der Waals surface area (Å²) in [5.74, 6) is -1.43. The van der Waals surface area contributed by atoms with E-state index < -0.39 is 11.8 Å². The first-order chi connectivity index (χ1) is 12.9. The molecule has 0 radical (unpaired) electrons. The standard InChI is InChI=1S/C20H20Cl2FNO3/c1-27-17-6-5-13(11-16(17)23)19(14-3-2-4-15(21)18(14)22)24-9-7-12(8-10-24)20(25)26/h2-6,11-12,19H,7-10H2,1H3,(H,25,26). The van der Waals surface area contributed by atoms with Crippen LogP contribution >= 0.6 is 23.2 Å². The molecule has 0 amide bonds. The molecule has 3 rings (SSSR count). The lowest BCUT2D eigenvalue weighted by atomic mass is 9.91. The quantitative estimate of drug-likeness (QED) is 0.749. The van der Waals surface area contributed by atoms with Gasteiger partial charge in [0.2, 0.25) is 0 Å². The minimum absolute atomic E-state index is 0.166. The number of halogens is 3. The normalized spacial score (nSPS) is 16.9. The number of aliphatic carboxylic acids is 1. The number of methoxy groups -OCH3 is 1. The molecule has 2 aromatic carbocycles.